The quantitative estimate of drug-likeness (QED) is 0.584. The Hall–Kier alpha value is 0.650. The van der Waals surface area contributed by atoms with Gasteiger partial charge in [-0.3, -0.25) is 9.42 Å². The summed E-state index contributed by atoms with van der Waals surface area (Å²) in [5.41, 5.74) is 0. The SMILES string of the molecule is O=P1(O)NC(N(CCCl)CCCl)CCO1. The molecule has 2 N–H and O–H groups in total. The summed E-state index contributed by atoms with van der Waals surface area (Å²) < 4.78 is 16.0. The zero-order valence-corrected chi connectivity index (χ0v) is 10.6. The highest BCUT2D eigenvalue weighted by Gasteiger charge is 2.32. The maximum Gasteiger partial charge on any atom is 0.404 e. The standard InChI is InChI=1S/C7H15Cl2N2O3P/c8-2-4-11(5-3-9)7-1-6-14-15(12,13)10-7/h7H,1-6H2,(H2,10,12,13). The van der Waals surface area contributed by atoms with Crippen molar-refractivity contribution in [1.82, 2.24) is 9.99 Å². The van der Waals surface area contributed by atoms with E-state index < -0.39 is 7.75 Å². The van der Waals surface area contributed by atoms with E-state index in [1.165, 1.54) is 0 Å². The van der Waals surface area contributed by atoms with E-state index in [0.29, 0.717) is 31.3 Å². The van der Waals surface area contributed by atoms with Crippen molar-refractivity contribution >= 4 is 30.9 Å². The monoisotopic (exact) mass is 276 g/mol. The van der Waals surface area contributed by atoms with Crippen LogP contribution in [-0.4, -0.2) is 47.4 Å². The van der Waals surface area contributed by atoms with Crippen LogP contribution in [0.5, 0.6) is 0 Å². The molecule has 1 aliphatic rings. The number of hydrogen-bond acceptors (Lipinski definition) is 3. The maximum atomic E-state index is 11.3. The van der Waals surface area contributed by atoms with Crippen LogP contribution in [0, 0.1) is 0 Å². The molecule has 0 radical (unpaired) electrons. The van der Waals surface area contributed by atoms with Crippen molar-refractivity contribution in [2.75, 3.05) is 31.5 Å². The van der Waals surface area contributed by atoms with Gasteiger partial charge in [0, 0.05) is 31.3 Å². The van der Waals surface area contributed by atoms with Crippen LogP contribution in [0.1, 0.15) is 6.42 Å². The van der Waals surface area contributed by atoms with Crippen LogP contribution in [0.3, 0.4) is 0 Å². The molecule has 15 heavy (non-hydrogen) atoms. The highest BCUT2D eigenvalue weighted by Crippen LogP contribution is 2.41. The first kappa shape index (κ1) is 13.7. The van der Waals surface area contributed by atoms with Gasteiger partial charge in [0.2, 0.25) is 0 Å². The zero-order valence-electron chi connectivity index (χ0n) is 8.23. The van der Waals surface area contributed by atoms with Crippen LogP contribution in [0.2, 0.25) is 0 Å². The minimum Gasteiger partial charge on any atom is -0.312 e. The topological polar surface area (TPSA) is 61.8 Å². The number of nitrogens with zero attached hydrogens (tertiary/aromatic N) is 1. The van der Waals surface area contributed by atoms with Gasteiger partial charge in [-0.05, 0) is 0 Å². The number of nitrogens with one attached hydrogen (secondary N) is 1. The molecule has 0 spiro atoms. The van der Waals surface area contributed by atoms with E-state index in [0.717, 1.165) is 0 Å². The van der Waals surface area contributed by atoms with Crippen LogP contribution in [0.25, 0.3) is 0 Å². The van der Waals surface area contributed by atoms with Crippen molar-refractivity contribution in [2.24, 2.45) is 0 Å². The number of hydrogen-bond donors (Lipinski definition) is 2. The second kappa shape index (κ2) is 6.40. The lowest BCUT2D eigenvalue weighted by Gasteiger charge is -2.35. The fourth-order valence-corrected chi connectivity index (χ4v) is 3.01. The molecule has 0 amide bonds. The third-order valence-electron chi connectivity index (χ3n) is 2.15. The van der Waals surface area contributed by atoms with Crippen LogP contribution in [0.4, 0.5) is 0 Å². The van der Waals surface area contributed by atoms with Gasteiger partial charge in [0.15, 0.2) is 0 Å². The molecule has 1 heterocycles. The van der Waals surface area contributed by atoms with Gasteiger partial charge in [-0.2, -0.15) is 0 Å². The van der Waals surface area contributed by atoms with Crippen LogP contribution < -0.4 is 5.09 Å². The molecule has 8 heteroatoms. The summed E-state index contributed by atoms with van der Waals surface area (Å²) >= 11 is 11.3. The molecule has 90 valence electrons. The highest BCUT2D eigenvalue weighted by molar-refractivity contribution is 7.50. The highest BCUT2D eigenvalue weighted by atomic mass is 35.5. The molecule has 5 nitrogen and oxygen atoms in total. The Balaban J connectivity index is 2.54. The summed E-state index contributed by atoms with van der Waals surface area (Å²) in [5.74, 6) is 0.928. The molecule has 0 aromatic rings. The lowest BCUT2D eigenvalue weighted by atomic mass is 10.3. The normalized spacial score (nSPS) is 32.1. The second-order valence-corrected chi connectivity index (χ2v) is 5.51. The molecular weight excluding hydrogens is 262 g/mol. The van der Waals surface area contributed by atoms with Gasteiger partial charge < -0.3 is 4.89 Å². The molecule has 1 aliphatic heterocycles. The first-order valence-corrected chi connectivity index (χ1v) is 7.35. The molecule has 0 bridgehead atoms. The summed E-state index contributed by atoms with van der Waals surface area (Å²) in [6.07, 6.45) is 0.463. The van der Waals surface area contributed by atoms with Gasteiger partial charge in [-0.25, -0.2) is 9.65 Å². The fraction of sp³-hybridized carbons (Fsp3) is 1.00. The zero-order chi connectivity index (χ0) is 11.3. The van der Waals surface area contributed by atoms with Gasteiger partial charge in [-0.15, -0.1) is 23.2 Å². The van der Waals surface area contributed by atoms with Crippen molar-refractivity contribution in [3.8, 4) is 0 Å². The minimum atomic E-state index is -3.62. The van der Waals surface area contributed by atoms with Gasteiger partial charge in [-0.1, -0.05) is 0 Å². The first-order chi connectivity index (χ1) is 7.09. The molecule has 0 saturated carbocycles. The third kappa shape index (κ3) is 4.57. The Morgan fingerprint density at radius 1 is 1.47 bits per heavy atom. The molecule has 1 saturated heterocycles. The van der Waals surface area contributed by atoms with Crippen LogP contribution in [-0.2, 0) is 9.09 Å². The van der Waals surface area contributed by atoms with Gasteiger partial charge >= 0.3 is 7.75 Å². The van der Waals surface area contributed by atoms with E-state index in [1.807, 2.05) is 4.90 Å². The van der Waals surface area contributed by atoms with E-state index in [9.17, 15) is 9.46 Å². The average Bonchev–Trinajstić information content (AvgIpc) is 2.16. The lowest BCUT2D eigenvalue weighted by molar-refractivity contribution is 0.119. The van der Waals surface area contributed by atoms with Crippen LogP contribution in [0.15, 0.2) is 0 Å². The van der Waals surface area contributed by atoms with Crippen LogP contribution >= 0.6 is 30.9 Å². The molecule has 1 fully saturated rings. The molecule has 0 aromatic heterocycles. The third-order valence-corrected chi connectivity index (χ3v) is 3.65. The molecule has 0 aromatic carbocycles. The van der Waals surface area contributed by atoms with Gasteiger partial charge in [0.1, 0.15) is 0 Å². The fourth-order valence-electron chi connectivity index (χ4n) is 1.48. The Kier molecular flexibility index (Phi) is 5.85. The van der Waals surface area contributed by atoms with Crippen molar-refractivity contribution in [2.45, 2.75) is 12.6 Å². The predicted octanol–water partition coefficient (Wildman–Crippen LogP) is 1.20. The van der Waals surface area contributed by atoms with E-state index in [1.54, 1.807) is 0 Å². The van der Waals surface area contributed by atoms with Crippen molar-refractivity contribution in [3.05, 3.63) is 0 Å². The smallest absolute Gasteiger partial charge is 0.312 e. The molecular formula is C7H15Cl2N2O3P. The molecule has 2 unspecified atom stereocenters. The number of halogens is 2. The number of alkyl halides is 2. The van der Waals surface area contributed by atoms with E-state index in [-0.39, 0.29) is 12.8 Å². The van der Waals surface area contributed by atoms with Gasteiger partial charge in [0.05, 0.1) is 12.8 Å². The molecule has 1 rings (SSSR count). The Morgan fingerprint density at radius 2 is 2.07 bits per heavy atom. The largest absolute Gasteiger partial charge is 0.404 e. The van der Waals surface area contributed by atoms with Crippen molar-refractivity contribution < 1.29 is 14.0 Å². The van der Waals surface area contributed by atoms with E-state index in [4.69, 9.17) is 27.7 Å². The molecule has 0 aliphatic carbocycles. The van der Waals surface area contributed by atoms with Crippen molar-refractivity contribution in [3.63, 3.8) is 0 Å². The Morgan fingerprint density at radius 3 is 2.53 bits per heavy atom. The predicted molar refractivity (Wildman–Crippen MR) is 60.3 cm³/mol. The van der Waals surface area contributed by atoms with E-state index >= 15 is 0 Å². The summed E-state index contributed by atoms with van der Waals surface area (Å²) in [5, 5.41) is 2.56. The lowest BCUT2D eigenvalue weighted by Crippen LogP contribution is -2.49. The molecule has 2 atom stereocenters. The summed E-state index contributed by atoms with van der Waals surface area (Å²) in [6, 6.07) is 0. The number of rotatable bonds is 5. The second-order valence-electron chi connectivity index (χ2n) is 3.20. The average molecular weight is 277 g/mol. The first-order valence-electron chi connectivity index (χ1n) is 4.70. The Bertz CT molecular complexity index is 238. The summed E-state index contributed by atoms with van der Waals surface area (Å²) in [7, 11) is -3.62. The van der Waals surface area contributed by atoms with Crippen molar-refractivity contribution in [1.29, 1.82) is 0 Å². The maximum absolute atomic E-state index is 11.3. The summed E-state index contributed by atoms with van der Waals surface area (Å²) in [4.78, 5) is 11.2. The van der Waals surface area contributed by atoms with E-state index in [2.05, 4.69) is 5.09 Å². The minimum absolute atomic E-state index is 0.188. The Labute approximate surface area is 99.3 Å². The summed E-state index contributed by atoms with van der Waals surface area (Å²) in [6.45, 7) is 1.53. The van der Waals surface area contributed by atoms with Gasteiger partial charge in [0.25, 0.3) is 0 Å².